The van der Waals surface area contributed by atoms with E-state index in [9.17, 15) is 5.11 Å². The van der Waals surface area contributed by atoms with E-state index in [1.807, 2.05) is 39.1 Å². The highest BCUT2D eigenvalue weighted by Crippen LogP contribution is 2.42. The number of hydrogen-bond acceptors (Lipinski definition) is 3. The van der Waals surface area contributed by atoms with Crippen molar-refractivity contribution in [3.63, 3.8) is 0 Å². The van der Waals surface area contributed by atoms with Crippen LogP contribution in [-0.2, 0) is 0 Å². The quantitative estimate of drug-likeness (QED) is 0.106. The number of aliphatic hydroxyl groups is 1. The maximum Gasteiger partial charge on any atom is 0.0831 e. The highest BCUT2D eigenvalue weighted by Gasteiger charge is 2.31. The van der Waals surface area contributed by atoms with Crippen LogP contribution >= 0.6 is 11.6 Å². The van der Waals surface area contributed by atoms with Gasteiger partial charge in [-0.05, 0) is 111 Å². The topological polar surface area (TPSA) is 44.6 Å². The highest BCUT2D eigenvalue weighted by molar-refractivity contribution is 6.30. The molecule has 2 N–H and O–H groups in total. The number of aliphatic imine (C=N–C) groups is 1. The molecule has 1 saturated carbocycles. The molecule has 0 heterocycles. The Hall–Kier alpha value is -2.78. The van der Waals surface area contributed by atoms with Crippen LogP contribution in [0.2, 0.25) is 5.02 Å². The molecule has 4 heteroatoms. The molecule has 2 aliphatic rings. The van der Waals surface area contributed by atoms with Crippen LogP contribution in [-0.4, -0.2) is 23.9 Å². The number of rotatable bonds is 12. The lowest BCUT2D eigenvalue weighted by Crippen LogP contribution is -2.36. The van der Waals surface area contributed by atoms with Crippen LogP contribution in [0.1, 0.15) is 105 Å². The van der Waals surface area contributed by atoms with Gasteiger partial charge in [0.05, 0.1) is 17.7 Å². The highest BCUT2D eigenvalue weighted by atomic mass is 35.5. The van der Waals surface area contributed by atoms with Gasteiger partial charge in [-0.1, -0.05) is 108 Å². The van der Waals surface area contributed by atoms with Gasteiger partial charge >= 0.3 is 0 Å². The molecule has 0 bridgehead atoms. The second-order valence-electron chi connectivity index (χ2n) is 12.4. The molecule has 0 aliphatic heterocycles. The first-order valence-corrected chi connectivity index (χ1v) is 17.3. The van der Waals surface area contributed by atoms with Gasteiger partial charge in [0.25, 0.3) is 0 Å². The van der Waals surface area contributed by atoms with Gasteiger partial charge in [-0.2, -0.15) is 0 Å². The van der Waals surface area contributed by atoms with Crippen molar-refractivity contribution in [2.45, 2.75) is 105 Å². The van der Waals surface area contributed by atoms with Crippen molar-refractivity contribution in [1.82, 2.24) is 5.32 Å². The van der Waals surface area contributed by atoms with Crippen molar-refractivity contribution >= 4 is 23.4 Å². The molecule has 0 spiro atoms. The van der Waals surface area contributed by atoms with E-state index >= 15 is 0 Å². The maximum atomic E-state index is 9.21. The van der Waals surface area contributed by atoms with E-state index in [0.717, 1.165) is 59.5 Å². The number of aliphatic hydroxyl groups excluding tert-OH is 1. The summed E-state index contributed by atoms with van der Waals surface area (Å²) in [7, 11) is 1.92. The number of hydrogen-bond donors (Lipinski definition) is 2. The molecule has 2 aliphatic carbocycles. The Balaban J connectivity index is 0.00000330. The third-order valence-corrected chi connectivity index (χ3v) is 9.71. The van der Waals surface area contributed by atoms with Crippen molar-refractivity contribution in [2.75, 3.05) is 7.05 Å². The van der Waals surface area contributed by atoms with Gasteiger partial charge in [0.2, 0.25) is 0 Å². The lowest BCUT2D eigenvalue weighted by Gasteiger charge is -2.33. The van der Waals surface area contributed by atoms with Gasteiger partial charge in [-0.25, -0.2) is 0 Å². The average molecular weight is 619 g/mol. The van der Waals surface area contributed by atoms with Crippen molar-refractivity contribution in [2.24, 2.45) is 28.7 Å². The smallest absolute Gasteiger partial charge is 0.0831 e. The normalized spacial score (nSPS) is 20.5. The molecule has 242 valence electrons. The zero-order valence-electron chi connectivity index (χ0n) is 28.6. The van der Waals surface area contributed by atoms with E-state index in [4.69, 9.17) is 16.6 Å². The van der Waals surface area contributed by atoms with E-state index in [1.165, 1.54) is 48.8 Å². The lowest BCUT2D eigenvalue weighted by atomic mass is 9.73. The SMILES string of the molecule is C=C(N[C@H](C)C1CCCCC1)C(=NC)C1=C(C(C)C(C)C(C=C/C=C/O)C(=C)C)/C(=C/c2ccc(Cl)cc2)CCCC1.CC. The molecular weight excluding hydrogens is 560 g/mol. The first-order valence-electron chi connectivity index (χ1n) is 16.9. The summed E-state index contributed by atoms with van der Waals surface area (Å²) in [6.45, 7) is 22.0. The maximum absolute atomic E-state index is 9.21. The molecule has 3 unspecified atom stereocenters. The number of nitrogens with one attached hydrogen (secondary N) is 1. The summed E-state index contributed by atoms with van der Waals surface area (Å²) in [6.07, 6.45) is 20.0. The Morgan fingerprint density at radius 1 is 0.977 bits per heavy atom. The molecule has 4 atom stereocenters. The molecule has 1 fully saturated rings. The van der Waals surface area contributed by atoms with Crippen LogP contribution in [0.25, 0.3) is 6.08 Å². The molecular formula is C40H59ClN2O. The number of benzene rings is 1. The second-order valence-corrected chi connectivity index (χ2v) is 12.9. The Kier molecular flexibility index (Phi) is 16.6. The van der Waals surface area contributed by atoms with E-state index in [1.54, 1.807) is 6.08 Å². The van der Waals surface area contributed by atoms with Gasteiger partial charge in [-0.3, -0.25) is 4.99 Å². The van der Waals surface area contributed by atoms with Gasteiger partial charge in [0, 0.05) is 24.0 Å². The number of nitrogens with zero attached hydrogens (tertiary/aromatic N) is 1. The van der Waals surface area contributed by atoms with Crippen LogP contribution < -0.4 is 5.32 Å². The zero-order chi connectivity index (χ0) is 32.6. The molecule has 0 radical (unpaired) electrons. The van der Waals surface area contributed by atoms with E-state index in [-0.39, 0.29) is 17.8 Å². The van der Waals surface area contributed by atoms with Crippen LogP contribution in [0.15, 0.2) is 94.9 Å². The van der Waals surface area contributed by atoms with E-state index in [0.29, 0.717) is 12.0 Å². The summed E-state index contributed by atoms with van der Waals surface area (Å²) in [6, 6.07) is 8.52. The standard InChI is InChI=1S/C38H53ClN2O.C2H6/c1-26(2)35(18-13-14-24-42)27(3)28(4)37-33(25-31-20-22-34(39)23-21-31)17-11-12-19-36(37)38(40-7)30(6)41-29(5)32-15-9-8-10-16-32;1-2/h13-14,18,20-25,27-29,32,35,41-42H,1,6,8-12,15-17,19H2,2-5,7H3;1-2H3/b18-13?,24-14+,33-25+,40-38?;/t27?,28?,29-,35?;/m1./s1. The second kappa shape index (κ2) is 19.6. The van der Waals surface area contributed by atoms with Crippen molar-refractivity contribution < 1.29 is 5.11 Å². The summed E-state index contributed by atoms with van der Waals surface area (Å²) in [4.78, 5) is 4.92. The minimum atomic E-state index is 0.166. The zero-order valence-corrected chi connectivity index (χ0v) is 29.4. The predicted octanol–water partition coefficient (Wildman–Crippen LogP) is 11.9. The summed E-state index contributed by atoms with van der Waals surface area (Å²) in [5, 5.41) is 13.8. The largest absolute Gasteiger partial charge is 0.516 e. The Morgan fingerprint density at radius 3 is 2.20 bits per heavy atom. The number of allylic oxidation sites excluding steroid dienone is 7. The first kappa shape index (κ1) is 37.4. The summed E-state index contributed by atoms with van der Waals surface area (Å²) >= 11 is 6.24. The number of halogens is 1. The Labute approximate surface area is 274 Å². The fourth-order valence-electron chi connectivity index (χ4n) is 6.95. The predicted molar refractivity (Wildman–Crippen MR) is 195 cm³/mol. The fourth-order valence-corrected chi connectivity index (χ4v) is 7.07. The molecule has 0 aromatic heterocycles. The summed E-state index contributed by atoms with van der Waals surface area (Å²) in [5.74, 6) is 1.37. The molecule has 0 amide bonds. The average Bonchev–Trinajstić information content (AvgIpc) is 3.23. The van der Waals surface area contributed by atoms with Gasteiger partial charge in [-0.15, -0.1) is 0 Å². The van der Waals surface area contributed by atoms with Crippen LogP contribution in [0.4, 0.5) is 0 Å². The van der Waals surface area contributed by atoms with E-state index in [2.05, 4.69) is 70.5 Å². The summed E-state index contributed by atoms with van der Waals surface area (Å²) in [5.41, 5.74) is 8.33. The monoisotopic (exact) mass is 618 g/mol. The van der Waals surface area contributed by atoms with E-state index < -0.39 is 0 Å². The molecule has 1 aromatic rings. The Bertz CT molecular complexity index is 1210. The Morgan fingerprint density at radius 2 is 1.61 bits per heavy atom. The van der Waals surface area contributed by atoms with Crippen LogP contribution in [0.3, 0.4) is 0 Å². The minimum Gasteiger partial charge on any atom is -0.516 e. The molecule has 3 nitrogen and oxygen atoms in total. The fraction of sp³-hybridized carbons (Fsp3) is 0.525. The third-order valence-electron chi connectivity index (χ3n) is 9.45. The van der Waals surface area contributed by atoms with Crippen LogP contribution in [0.5, 0.6) is 0 Å². The first-order chi connectivity index (χ1) is 21.2. The van der Waals surface area contributed by atoms with Gasteiger partial charge < -0.3 is 10.4 Å². The molecule has 44 heavy (non-hydrogen) atoms. The molecule has 1 aromatic carbocycles. The van der Waals surface area contributed by atoms with Gasteiger partial charge in [0.15, 0.2) is 0 Å². The van der Waals surface area contributed by atoms with Gasteiger partial charge in [0.1, 0.15) is 0 Å². The lowest BCUT2D eigenvalue weighted by molar-refractivity contribution is 0.295. The van der Waals surface area contributed by atoms with Crippen molar-refractivity contribution in [1.29, 1.82) is 0 Å². The third kappa shape index (κ3) is 10.7. The van der Waals surface area contributed by atoms with Crippen molar-refractivity contribution in [3.05, 3.63) is 100 Å². The summed E-state index contributed by atoms with van der Waals surface area (Å²) < 4.78 is 0. The molecule has 3 rings (SSSR count). The van der Waals surface area contributed by atoms with Crippen molar-refractivity contribution in [3.8, 4) is 0 Å². The molecule has 0 saturated heterocycles. The van der Waals surface area contributed by atoms with Crippen LogP contribution in [0, 0.1) is 23.7 Å². The minimum absolute atomic E-state index is 0.166.